The lowest BCUT2D eigenvalue weighted by molar-refractivity contribution is -0.125. The minimum Gasteiger partial charge on any atom is -0.390 e. The number of aliphatic hydroxyl groups is 1. The number of nitrogens with one attached hydrogen (secondary N) is 1. The Labute approximate surface area is 159 Å². The molecule has 2 heterocycles. The van der Waals surface area contributed by atoms with Crippen LogP contribution in [0.1, 0.15) is 44.2 Å². The molecular formula is C20H21N3O3S. The first-order valence-electron chi connectivity index (χ1n) is 9.35. The van der Waals surface area contributed by atoms with Crippen LogP contribution < -0.4 is 10.9 Å². The van der Waals surface area contributed by atoms with Gasteiger partial charge in [-0.3, -0.25) is 9.59 Å². The van der Waals surface area contributed by atoms with Crippen molar-refractivity contribution in [2.45, 2.75) is 56.7 Å². The van der Waals surface area contributed by atoms with E-state index in [4.69, 9.17) is 0 Å². The maximum absolute atomic E-state index is 13.0. The molecule has 2 saturated carbocycles. The van der Waals surface area contributed by atoms with Crippen LogP contribution in [0.4, 0.5) is 0 Å². The number of carbonyl (C=O) groups excluding carboxylic acids is 1. The zero-order chi connectivity index (χ0) is 18.8. The number of hydrogen-bond acceptors (Lipinski definition) is 5. The summed E-state index contributed by atoms with van der Waals surface area (Å²) in [6.45, 7) is 1.68. The first kappa shape index (κ1) is 16.9. The maximum Gasteiger partial charge on any atom is 0.285 e. The molecule has 1 amide bonds. The summed E-state index contributed by atoms with van der Waals surface area (Å²) in [6.07, 6.45) is 3.25. The summed E-state index contributed by atoms with van der Waals surface area (Å²) in [4.78, 5) is 25.4. The largest absolute Gasteiger partial charge is 0.390 e. The van der Waals surface area contributed by atoms with Gasteiger partial charge >= 0.3 is 0 Å². The molecule has 2 aromatic heterocycles. The molecule has 7 heteroatoms. The molecule has 0 spiro atoms. The van der Waals surface area contributed by atoms with Gasteiger partial charge in [0.15, 0.2) is 0 Å². The lowest BCUT2D eigenvalue weighted by Crippen LogP contribution is -2.54. The number of benzene rings is 1. The fraction of sp³-hybridized carbons (Fsp3) is 0.450. The first-order chi connectivity index (χ1) is 12.9. The molecule has 2 fully saturated rings. The summed E-state index contributed by atoms with van der Waals surface area (Å²) in [6, 6.07) is 7.99. The molecule has 0 atom stereocenters. The third kappa shape index (κ3) is 2.95. The number of carbonyl (C=O) groups is 1. The van der Waals surface area contributed by atoms with E-state index in [1.54, 1.807) is 6.92 Å². The van der Waals surface area contributed by atoms with E-state index in [0.29, 0.717) is 23.5 Å². The molecule has 1 aromatic carbocycles. The number of hydrogen-bond donors (Lipinski definition) is 2. The van der Waals surface area contributed by atoms with E-state index < -0.39 is 5.60 Å². The molecule has 27 heavy (non-hydrogen) atoms. The van der Waals surface area contributed by atoms with Crippen molar-refractivity contribution in [1.29, 1.82) is 0 Å². The highest BCUT2D eigenvalue weighted by Crippen LogP contribution is 2.44. The molecule has 0 bridgehead atoms. The van der Waals surface area contributed by atoms with Crippen LogP contribution in [0.5, 0.6) is 0 Å². The molecule has 2 aliphatic rings. The van der Waals surface area contributed by atoms with E-state index in [-0.39, 0.29) is 24.1 Å². The second-order valence-corrected chi connectivity index (χ2v) is 9.15. The Balaban J connectivity index is 1.51. The highest BCUT2D eigenvalue weighted by atomic mass is 32.1. The fourth-order valence-corrected chi connectivity index (χ4v) is 5.21. The summed E-state index contributed by atoms with van der Waals surface area (Å²) >= 11 is 1.48. The van der Waals surface area contributed by atoms with Gasteiger partial charge in [-0.15, -0.1) is 11.3 Å². The second-order valence-electron chi connectivity index (χ2n) is 8.09. The Bertz CT molecular complexity index is 1120. The van der Waals surface area contributed by atoms with Crippen molar-refractivity contribution >= 4 is 37.4 Å². The number of fused-ring (bicyclic) bond motifs is 3. The quantitative estimate of drug-likeness (QED) is 0.725. The Morgan fingerprint density at radius 1 is 1.37 bits per heavy atom. The maximum atomic E-state index is 13.0. The van der Waals surface area contributed by atoms with Crippen molar-refractivity contribution in [2.75, 3.05) is 0 Å². The highest BCUT2D eigenvalue weighted by Gasteiger charge is 2.39. The predicted molar refractivity (Wildman–Crippen MR) is 105 cm³/mol. The summed E-state index contributed by atoms with van der Waals surface area (Å²) in [5.74, 6) is 0.148. The van der Waals surface area contributed by atoms with E-state index in [9.17, 15) is 14.7 Å². The molecular weight excluding hydrogens is 362 g/mol. The molecule has 0 aliphatic heterocycles. The summed E-state index contributed by atoms with van der Waals surface area (Å²) in [7, 11) is 0. The van der Waals surface area contributed by atoms with Crippen molar-refractivity contribution in [2.24, 2.45) is 0 Å². The van der Waals surface area contributed by atoms with Crippen LogP contribution in [0.15, 0.2) is 29.1 Å². The van der Waals surface area contributed by atoms with Crippen LogP contribution in [-0.4, -0.2) is 32.4 Å². The zero-order valence-electron chi connectivity index (χ0n) is 15.1. The van der Waals surface area contributed by atoms with Crippen LogP contribution >= 0.6 is 11.3 Å². The van der Waals surface area contributed by atoms with Gasteiger partial charge in [0.05, 0.1) is 11.3 Å². The van der Waals surface area contributed by atoms with Gasteiger partial charge in [0.1, 0.15) is 11.2 Å². The third-order valence-electron chi connectivity index (χ3n) is 5.50. The monoisotopic (exact) mass is 383 g/mol. The third-order valence-corrected chi connectivity index (χ3v) is 6.66. The fourth-order valence-electron chi connectivity index (χ4n) is 4.06. The minimum absolute atomic E-state index is 0.0286. The lowest BCUT2D eigenvalue weighted by Gasteiger charge is -2.41. The molecule has 0 unspecified atom stereocenters. The molecule has 140 valence electrons. The van der Waals surface area contributed by atoms with Crippen molar-refractivity contribution in [1.82, 2.24) is 15.1 Å². The normalized spacial score (nSPS) is 24.9. The van der Waals surface area contributed by atoms with Gasteiger partial charge in [-0.2, -0.15) is 5.10 Å². The number of amides is 1. The standard InChI is InChI=1S/C20H21N3O3S/c1-20(26)8-12(9-20)21-15(24)10-23-19(25)18-16(17(22-23)11-6-7-11)13-4-2-3-5-14(13)27-18/h2-5,11-12,26H,6-10H2,1H3,(H,21,24). The average Bonchev–Trinajstić information content (AvgIpc) is 3.36. The first-order valence-corrected chi connectivity index (χ1v) is 10.2. The van der Waals surface area contributed by atoms with Gasteiger partial charge in [-0.05, 0) is 38.7 Å². The second kappa shape index (κ2) is 5.87. The molecule has 6 nitrogen and oxygen atoms in total. The number of thiophene rings is 1. The molecule has 0 saturated heterocycles. The van der Waals surface area contributed by atoms with E-state index in [1.165, 1.54) is 16.0 Å². The average molecular weight is 383 g/mol. The zero-order valence-corrected chi connectivity index (χ0v) is 15.9. The predicted octanol–water partition coefficient (Wildman–Crippen LogP) is 2.52. The van der Waals surface area contributed by atoms with Gasteiger partial charge < -0.3 is 10.4 Å². The topological polar surface area (TPSA) is 84.2 Å². The van der Waals surface area contributed by atoms with Crippen molar-refractivity contribution in [3.8, 4) is 0 Å². The minimum atomic E-state index is -0.692. The van der Waals surface area contributed by atoms with E-state index in [0.717, 1.165) is 34.0 Å². The molecule has 5 rings (SSSR count). The lowest BCUT2D eigenvalue weighted by atomic mass is 9.77. The molecule has 3 aromatic rings. The van der Waals surface area contributed by atoms with Crippen LogP contribution in [0.25, 0.3) is 20.2 Å². The Morgan fingerprint density at radius 3 is 2.81 bits per heavy atom. The summed E-state index contributed by atoms with van der Waals surface area (Å²) in [5.41, 5.74) is 0.0510. The number of rotatable bonds is 4. The number of aromatic nitrogens is 2. The van der Waals surface area contributed by atoms with Crippen molar-refractivity contribution in [3.63, 3.8) is 0 Å². The van der Waals surface area contributed by atoms with Gasteiger partial charge in [0.25, 0.3) is 5.56 Å². The Morgan fingerprint density at radius 2 is 2.11 bits per heavy atom. The molecule has 2 N–H and O–H groups in total. The van der Waals surface area contributed by atoms with E-state index >= 15 is 0 Å². The summed E-state index contributed by atoms with van der Waals surface area (Å²) in [5, 5.41) is 19.3. The van der Waals surface area contributed by atoms with Crippen molar-refractivity contribution < 1.29 is 9.90 Å². The van der Waals surface area contributed by atoms with Gasteiger partial charge in [0.2, 0.25) is 5.91 Å². The van der Waals surface area contributed by atoms with E-state index in [1.807, 2.05) is 24.3 Å². The van der Waals surface area contributed by atoms with Crippen LogP contribution in [0.3, 0.4) is 0 Å². The van der Waals surface area contributed by atoms with Crippen LogP contribution in [-0.2, 0) is 11.3 Å². The Hall–Kier alpha value is -2.25. The Kier molecular flexibility index (Phi) is 3.67. The smallest absolute Gasteiger partial charge is 0.285 e. The van der Waals surface area contributed by atoms with Gasteiger partial charge in [-0.25, -0.2) is 4.68 Å². The highest BCUT2D eigenvalue weighted by molar-refractivity contribution is 7.25. The molecule has 2 aliphatic carbocycles. The van der Waals surface area contributed by atoms with Crippen LogP contribution in [0, 0.1) is 0 Å². The molecule has 0 radical (unpaired) electrons. The summed E-state index contributed by atoms with van der Waals surface area (Å²) < 4.78 is 3.08. The number of nitrogens with zero attached hydrogens (tertiary/aromatic N) is 2. The van der Waals surface area contributed by atoms with Gasteiger partial charge in [0, 0.05) is 27.4 Å². The van der Waals surface area contributed by atoms with Crippen molar-refractivity contribution in [3.05, 3.63) is 40.3 Å². The van der Waals surface area contributed by atoms with Gasteiger partial charge in [-0.1, -0.05) is 18.2 Å². The van der Waals surface area contributed by atoms with E-state index in [2.05, 4.69) is 10.4 Å². The SMILES string of the molecule is CC1(O)CC(NC(=O)Cn2nc(C3CC3)c3c(sc4ccccc43)c2=O)C1. The van der Waals surface area contributed by atoms with Crippen LogP contribution in [0.2, 0.25) is 0 Å².